The average molecular weight is 934 g/mol. The zero-order valence-corrected chi connectivity index (χ0v) is 41.6. The minimum Gasteiger partial charge on any atom is -0.507 e. The van der Waals surface area contributed by atoms with Crippen LogP contribution in [0.5, 0.6) is 23.0 Å². The fraction of sp³-hybridized carbons (Fsp3) is 0.551. The summed E-state index contributed by atoms with van der Waals surface area (Å²) in [4.78, 5) is 40.9. The van der Waals surface area contributed by atoms with Crippen molar-refractivity contribution < 1.29 is 63.3 Å². The number of hydrogen-bond donors (Lipinski definition) is 6. The van der Waals surface area contributed by atoms with Gasteiger partial charge in [-0.3, -0.25) is 19.4 Å². The number of quaternary nitrogens is 1. The lowest BCUT2D eigenvalue weighted by atomic mass is 9.78. The number of phenols is 3. The van der Waals surface area contributed by atoms with Crippen molar-refractivity contribution in [1.29, 1.82) is 0 Å². The summed E-state index contributed by atoms with van der Waals surface area (Å²) >= 11 is 0. The van der Waals surface area contributed by atoms with Crippen LogP contribution in [0.25, 0.3) is 10.8 Å². The van der Waals surface area contributed by atoms with Gasteiger partial charge in [-0.2, -0.15) is 5.10 Å². The third kappa shape index (κ3) is 10.9. The molecule has 4 aliphatic heterocycles. The molecule has 6 rings (SSSR count). The van der Waals surface area contributed by atoms with Gasteiger partial charge in [0.15, 0.2) is 5.75 Å². The molecule has 1 amide bonds. The van der Waals surface area contributed by atoms with E-state index in [1.54, 1.807) is 39.8 Å². The molecule has 0 spiro atoms. The van der Waals surface area contributed by atoms with Gasteiger partial charge in [0.2, 0.25) is 0 Å². The highest BCUT2D eigenvalue weighted by molar-refractivity contribution is 6.83. The van der Waals surface area contributed by atoms with Gasteiger partial charge in [-0.25, -0.2) is 0 Å². The van der Waals surface area contributed by atoms with Crippen LogP contribution in [0.4, 0.5) is 5.69 Å². The number of allylic oxidation sites excluding steroid dienone is 2. The van der Waals surface area contributed by atoms with Crippen LogP contribution in [-0.4, -0.2) is 144 Å². The van der Waals surface area contributed by atoms with E-state index in [-0.39, 0.29) is 44.5 Å². The molecule has 2 aromatic rings. The number of carbonyl (C=O) groups is 3. The maximum Gasteiger partial charge on any atom is 0.312 e. The largest absolute Gasteiger partial charge is 0.507 e. The number of aliphatic hydroxyl groups is 2. The minimum atomic E-state index is -2.06. The Labute approximate surface area is 389 Å². The Morgan fingerprint density at radius 1 is 1.00 bits per heavy atom. The Balaban J connectivity index is 1.66. The van der Waals surface area contributed by atoms with Crippen LogP contribution in [0.2, 0.25) is 19.6 Å². The molecule has 1 unspecified atom stereocenters. The number of aromatic hydroxyl groups is 3. The summed E-state index contributed by atoms with van der Waals surface area (Å²) in [6.07, 6.45) is 4.88. The van der Waals surface area contributed by atoms with Crippen molar-refractivity contribution in [3.8, 4) is 34.5 Å². The average Bonchev–Trinajstić information content (AvgIpc) is 3.51. The lowest BCUT2D eigenvalue weighted by Crippen LogP contribution is -2.56. The molecule has 0 radical (unpaired) electrons. The fourth-order valence-electron chi connectivity index (χ4n) is 8.72. The van der Waals surface area contributed by atoms with E-state index in [0.717, 1.165) is 17.6 Å². The first-order valence-electron chi connectivity index (χ1n) is 22.5. The number of hydrazone groups is 1. The van der Waals surface area contributed by atoms with Gasteiger partial charge in [-0.05, 0) is 19.9 Å². The van der Waals surface area contributed by atoms with Gasteiger partial charge in [0.1, 0.15) is 38.0 Å². The third-order valence-corrected chi connectivity index (χ3v) is 14.0. The number of methoxy groups -OCH3 is 1. The van der Waals surface area contributed by atoms with Crippen LogP contribution < -0.4 is 10.1 Å². The van der Waals surface area contributed by atoms with E-state index in [0.29, 0.717) is 19.6 Å². The van der Waals surface area contributed by atoms with E-state index >= 15 is 0 Å². The van der Waals surface area contributed by atoms with Crippen LogP contribution in [0.1, 0.15) is 70.0 Å². The summed E-state index contributed by atoms with van der Waals surface area (Å²) in [5, 5.41) is 67.7. The molecule has 4 heterocycles. The molecule has 9 atom stereocenters. The van der Waals surface area contributed by atoms with Gasteiger partial charge in [0.25, 0.3) is 11.7 Å². The number of Topliss-reactive ketones (excluding diaryl/α,β-unsaturated/α-hetero) is 1. The van der Waals surface area contributed by atoms with Gasteiger partial charge in [0, 0.05) is 61.2 Å². The van der Waals surface area contributed by atoms with Crippen molar-refractivity contribution >= 4 is 48.4 Å². The lowest BCUT2D eigenvalue weighted by molar-refractivity contribution is -0.906. The number of fused-ring (bicyclic) bond motifs is 14. The normalized spacial score (nSPS) is 30.5. The molecule has 4 aliphatic rings. The first kappa shape index (κ1) is 51.6. The van der Waals surface area contributed by atoms with Crippen molar-refractivity contribution in [3.63, 3.8) is 0 Å². The molecule has 360 valence electrons. The number of rotatable bonds is 5. The Morgan fingerprint density at radius 2 is 1.65 bits per heavy atom. The van der Waals surface area contributed by atoms with Crippen molar-refractivity contribution in [2.75, 3.05) is 52.2 Å². The van der Waals surface area contributed by atoms with Crippen molar-refractivity contribution in [1.82, 2.24) is 5.01 Å². The number of nitrogens with zero attached hydrogens (tertiary/aromatic N) is 3. The number of ketones is 1. The first-order valence-corrected chi connectivity index (χ1v) is 26.0. The number of piperazine rings is 1. The monoisotopic (exact) mass is 933 g/mol. The van der Waals surface area contributed by atoms with Crippen LogP contribution in [0, 0.1) is 42.1 Å². The lowest BCUT2D eigenvalue weighted by Gasteiger charge is -2.39. The number of anilines is 1. The number of carbonyl (C=O) groups excluding carboxylic acids is 3. The van der Waals surface area contributed by atoms with Crippen molar-refractivity contribution in [2.24, 2.45) is 28.8 Å². The molecule has 0 aliphatic carbocycles. The van der Waals surface area contributed by atoms with E-state index in [1.807, 2.05) is 5.01 Å². The summed E-state index contributed by atoms with van der Waals surface area (Å²) in [6.45, 7) is 22.4. The van der Waals surface area contributed by atoms with Gasteiger partial charge >= 0.3 is 11.8 Å². The Hall–Kier alpha value is -5.38. The van der Waals surface area contributed by atoms with E-state index in [2.05, 4.69) is 43.5 Å². The number of aliphatic hydroxyl groups excluding tert-OH is 2. The SMILES string of the molecule is COC1/C=C/O[C@@]2(C)Oc3c(C)c(O)c4c(O)c(c(/C=N/N5CC[N+](C)(CC#C[Si](C)(C)C)CC5)c(O)c4c3C2=O)NC(=O)/C(C)=C\C=C\[C@H](C)[C@H](O)[C@@H](C)[C@@H](O)[C@@H](C)[C@H](OC(C)=O)[C@@H]1C. The Bertz CT molecular complexity index is 2390. The summed E-state index contributed by atoms with van der Waals surface area (Å²) < 4.78 is 24.5. The predicted octanol–water partition coefficient (Wildman–Crippen LogP) is 5.73. The molecular formula is C49H69N4O12Si+. The number of amides is 1. The Morgan fingerprint density at radius 3 is 2.26 bits per heavy atom. The van der Waals surface area contributed by atoms with Crippen LogP contribution in [-0.2, 0) is 23.8 Å². The highest BCUT2D eigenvalue weighted by Gasteiger charge is 2.50. The van der Waals surface area contributed by atoms with Crippen LogP contribution >= 0.6 is 0 Å². The first-order chi connectivity index (χ1) is 30.8. The number of esters is 1. The van der Waals surface area contributed by atoms with E-state index in [1.165, 1.54) is 59.4 Å². The second-order valence-electron chi connectivity index (χ2n) is 19.6. The molecule has 1 saturated heterocycles. The van der Waals surface area contributed by atoms with Crippen molar-refractivity contribution in [2.45, 2.75) is 105 Å². The molecule has 17 heteroatoms. The number of nitrogens with one attached hydrogen (secondary N) is 1. The molecule has 5 bridgehead atoms. The standard InChI is InChI=1S/C49H68N4O12Si/c1-27-16-14-17-28(2)48(61)51-39-34(26-50-52-19-22-53(9,23-20-52)21-15-25-66(11,12)13)43(58)36-37(44(39)59)42(57)32(6)46-38(36)47(60)49(8,65-46)63-24-18-35(62-10)29(3)45(64-33(7)54)31(5)41(56)30(4)40(27)55/h14,16-18,24,26-27,29-31,35,40-41,45,55-56H,19-23H2,1-13H3,(H3-,50,51,57,58,59,60,61)/p+1/b16-14+,24-18+,28-17-/t27-,29+,30+,31+,35?,40-,41+,45+,49-/m0/s1. The molecule has 16 nitrogen and oxygen atoms in total. The third-order valence-electron chi connectivity index (χ3n) is 13.1. The maximum atomic E-state index is 14.6. The Kier molecular flexibility index (Phi) is 15.8. The van der Waals surface area contributed by atoms with Crippen LogP contribution in [0.15, 0.2) is 41.2 Å². The van der Waals surface area contributed by atoms with E-state index in [9.17, 15) is 39.9 Å². The topological polar surface area (TPSA) is 217 Å². The zero-order valence-electron chi connectivity index (χ0n) is 40.6. The fourth-order valence-corrected chi connectivity index (χ4v) is 9.33. The summed E-state index contributed by atoms with van der Waals surface area (Å²) in [5.41, 5.74) is 3.07. The summed E-state index contributed by atoms with van der Waals surface area (Å²) in [6, 6.07) is 0. The molecule has 66 heavy (non-hydrogen) atoms. The highest BCUT2D eigenvalue weighted by Crippen LogP contribution is 2.55. The number of likely N-dealkylation sites (N-methyl/N-ethyl adjacent to an activating group) is 1. The molecule has 2 aromatic carbocycles. The molecular weight excluding hydrogens is 865 g/mol. The quantitative estimate of drug-likeness (QED) is 0.0402. The second kappa shape index (κ2) is 20.2. The molecule has 0 aromatic heterocycles. The number of hydrogen-bond acceptors (Lipinski definition) is 14. The van der Waals surface area contributed by atoms with Crippen LogP contribution in [0.3, 0.4) is 0 Å². The predicted molar refractivity (Wildman–Crippen MR) is 255 cm³/mol. The van der Waals surface area contributed by atoms with Gasteiger partial charge in [-0.15, -0.1) is 5.54 Å². The molecule has 6 N–H and O–H groups in total. The minimum absolute atomic E-state index is 0.0528. The van der Waals surface area contributed by atoms with E-state index < -0.39 is 96.9 Å². The highest BCUT2D eigenvalue weighted by atomic mass is 28.3. The number of ether oxygens (including phenoxy) is 4. The summed E-state index contributed by atoms with van der Waals surface area (Å²) in [7, 11) is 2.05. The molecule has 1 fully saturated rings. The number of benzene rings is 2. The smallest absolute Gasteiger partial charge is 0.312 e. The van der Waals surface area contributed by atoms with Gasteiger partial charge < -0.3 is 54.3 Å². The van der Waals surface area contributed by atoms with Crippen molar-refractivity contribution in [3.05, 3.63) is 52.8 Å². The van der Waals surface area contributed by atoms with Gasteiger partial charge in [-0.1, -0.05) is 71.5 Å². The van der Waals surface area contributed by atoms with Gasteiger partial charge in [0.05, 0.1) is 86.2 Å². The summed E-state index contributed by atoms with van der Waals surface area (Å²) in [5.74, 6) is -5.03. The number of phenolic OH excluding ortho intramolecular Hbond substituents is 3. The zero-order chi connectivity index (χ0) is 49.2. The maximum absolute atomic E-state index is 14.6. The molecule has 0 saturated carbocycles. The van der Waals surface area contributed by atoms with E-state index in [4.69, 9.17) is 24.0 Å². The second-order valence-corrected chi connectivity index (χ2v) is 24.3.